The van der Waals surface area contributed by atoms with Gasteiger partial charge in [-0.3, -0.25) is 19.2 Å². The van der Waals surface area contributed by atoms with Gasteiger partial charge in [0.05, 0.1) is 21.7 Å². The minimum Gasteiger partial charge on any atom is -0.458 e. The summed E-state index contributed by atoms with van der Waals surface area (Å²) in [5.74, 6) is 0.272. The van der Waals surface area contributed by atoms with E-state index in [2.05, 4.69) is 166 Å². The minimum absolute atomic E-state index is 0.140. The Balaban J connectivity index is 0.000000803. The van der Waals surface area contributed by atoms with Crippen LogP contribution in [-0.4, -0.2) is 165 Å². The first-order valence-electron chi connectivity index (χ1n) is 47.1. The van der Waals surface area contributed by atoms with E-state index in [9.17, 15) is 38.4 Å². The van der Waals surface area contributed by atoms with Crippen molar-refractivity contribution in [2.45, 2.75) is 470 Å². The van der Waals surface area contributed by atoms with Crippen LogP contribution in [0.1, 0.15) is 426 Å². The lowest BCUT2D eigenvalue weighted by atomic mass is 9.70. The van der Waals surface area contributed by atoms with E-state index in [-0.39, 0.29) is 105 Å². The Bertz CT molecular complexity index is 3150. The predicted molar refractivity (Wildman–Crippen MR) is 490 cm³/mol. The molecule has 4 rings (SSSR count). The highest BCUT2D eigenvalue weighted by atomic mass is 16.6. The molecule has 4 aliphatic heterocycles. The number of nitrogens with zero attached hydrogens (tertiary/aromatic N) is 4. The van der Waals surface area contributed by atoms with Crippen LogP contribution in [0, 0.1) is 72.4 Å². The molecule has 20 nitrogen and oxygen atoms in total. The molecule has 0 saturated carbocycles. The zero-order valence-corrected chi connectivity index (χ0v) is 85.6. The topological polar surface area (TPSA) is 223 Å². The molecular weight excluding hydrogens is 1510 g/mol. The fraction of sp³-hybridized carbons (Fsp3) is 0.920. The van der Waals surface area contributed by atoms with Crippen LogP contribution in [0.3, 0.4) is 0 Å². The van der Waals surface area contributed by atoms with Gasteiger partial charge in [-0.2, -0.15) is 0 Å². The molecule has 0 radical (unpaired) electrons. The van der Waals surface area contributed by atoms with Crippen LogP contribution in [-0.2, 0) is 57.1 Å². The Morgan fingerprint density at radius 3 is 0.658 bits per heavy atom. The molecule has 4 amide bonds. The molecule has 0 aromatic heterocycles. The Labute approximate surface area is 735 Å². The van der Waals surface area contributed by atoms with Gasteiger partial charge < -0.3 is 57.5 Å². The third-order valence-corrected chi connectivity index (χ3v) is 29.8. The molecule has 4 fully saturated rings. The van der Waals surface area contributed by atoms with E-state index >= 15 is 0 Å². The molecule has 4 aliphatic rings. The third kappa shape index (κ3) is 29.5. The second kappa shape index (κ2) is 43.9. The number of esters is 4. The van der Waals surface area contributed by atoms with Crippen molar-refractivity contribution in [1.82, 2.24) is 19.6 Å². The van der Waals surface area contributed by atoms with Crippen LogP contribution in [0.4, 0.5) is 19.2 Å². The molecule has 0 aliphatic carbocycles. The lowest BCUT2D eigenvalue weighted by molar-refractivity contribution is -0.193. The first-order valence-corrected chi connectivity index (χ1v) is 47.1. The predicted octanol–water partition coefficient (Wildman–Crippen LogP) is 26.2. The number of carbonyl (C=O) groups is 8. The summed E-state index contributed by atoms with van der Waals surface area (Å²) in [6.07, 6.45) is 16.3. The summed E-state index contributed by atoms with van der Waals surface area (Å²) in [6, 6.07) is 0. The maximum absolute atomic E-state index is 13.4. The number of hydrogen-bond donors (Lipinski definition) is 0. The maximum Gasteiger partial charge on any atom is 0.410 e. The van der Waals surface area contributed by atoms with Crippen molar-refractivity contribution in [3.05, 3.63) is 0 Å². The van der Waals surface area contributed by atoms with Gasteiger partial charge in [-0.1, -0.05) is 227 Å². The lowest BCUT2D eigenvalue weighted by Crippen LogP contribution is -2.58. The van der Waals surface area contributed by atoms with E-state index < -0.39 is 60.9 Å². The zero-order valence-electron chi connectivity index (χ0n) is 85.6. The standard InChI is InChI=1S/C29H55NO4.C26H49NO4.C23H43NO4.C22H41NO4/c1-10-14-17-28(18-15-11-2,19-16-12-3)34-25(32)30-22-20-29(21-23-30,26(5,6)7)33-24(31)27(8,9)13-4;1-13-24(11,12)21(28)30-25(23(8,9)10)14-16-27(17-15-25)22(29)31-26(18(2)3,19(4)5)20(6)7;1-12-21(8,9)17(25)27-23(20(5,6)7)13-15-24(16-14-23)18(26)28-22(10,11)19(2,3)4;1-11-20(7,8)17(24)26-22(19(4,5)6)12-14-23(15-13-22)18(25)27-21(9,10)16(2)3/h10-23H2,1-9H3;18-20H,13-17H2,1-12H3;12-16H2,1-11H3;16H,11-15H2,1-10H3. The summed E-state index contributed by atoms with van der Waals surface area (Å²) >= 11 is 0. The largest absolute Gasteiger partial charge is 0.458 e. The molecule has 4 saturated heterocycles. The van der Waals surface area contributed by atoms with Gasteiger partial charge in [0.25, 0.3) is 0 Å². The van der Waals surface area contributed by atoms with Gasteiger partial charge in [0.15, 0.2) is 0 Å². The summed E-state index contributed by atoms with van der Waals surface area (Å²) in [4.78, 5) is 111. The lowest BCUT2D eigenvalue weighted by Gasteiger charge is -2.50. The van der Waals surface area contributed by atoms with Gasteiger partial charge in [0, 0.05) is 131 Å². The van der Waals surface area contributed by atoms with Crippen molar-refractivity contribution < 1.29 is 76.3 Å². The number of piperidine rings is 4. The number of ether oxygens (including phenoxy) is 8. The second-order valence-electron chi connectivity index (χ2n) is 46.2. The quantitative estimate of drug-likeness (QED) is 0.0501. The van der Waals surface area contributed by atoms with Crippen LogP contribution in [0.5, 0.6) is 0 Å². The van der Waals surface area contributed by atoms with Gasteiger partial charge in [-0.05, 0) is 171 Å². The Hall–Kier alpha value is -5.04. The molecule has 0 unspecified atom stereocenters. The van der Waals surface area contributed by atoms with Crippen LogP contribution in [0.15, 0.2) is 0 Å². The van der Waals surface area contributed by atoms with E-state index in [0.29, 0.717) is 104 Å². The van der Waals surface area contributed by atoms with Crippen molar-refractivity contribution in [2.75, 3.05) is 52.4 Å². The van der Waals surface area contributed by atoms with Crippen molar-refractivity contribution >= 4 is 48.3 Å². The van der Waals surface area contributed by atoms with Crippen LogP contribution >= 0.6 is 0 Å². The van der Waals surface area contributed by atoms with Crippen LogP contribution < -0.4 is 0 Å². The summed E-state index contributed by atoms with van der Waals surface area (Å²) in [5.41, 5.74) is -7.29. The molecule has 4 heterocycles. The summed E-state index contributed by atoms with van der Waals surface area (Å²) in [7, 11) is 0. The third-order valence-electron chi connectivity index (χ3n) is 29.8. The number of amides is 4. The Morgan fingerprint density at radius 2 is 0.483 bits per heavy atom. The average Bonchev–Trinajstić information content (AvgIpc) is 0.778. The van der Waals surface area contributed by atoms with E-state index in [1.165, 1.54) is 0 Å². The first kappa shape index (κ1) is 113. The van der Waals surface area contributed by atoms with Gasteiger partial charge in [-0.15, -0.1) is 0 Å². The van der Waals surface area contributed by atoms with Crippen molar-refractivity contribution in [1.29, 1.82) is 0 Å². The van der Waals surface area contributed by atoms with Crippen molar-refractivity contribution in [2.24, 2.45) is 72.4 Å². The summed E-state index contributed by atoms with van der Waals surface area (Å²) in [5, 5.41) is 0. The monoisotopic (exact) mass is 1700 g/mol. The van der Waals surface area contributed by atoms with Crippen molar-refractivity contribution in [3.8, 4) is 0 Å². The van der Waals surface area contributed by atoms with Gasteiger partial charge in [0.1, 0.15) is 44.8 Å². The average molecular weight is 1700 g/mol. The summed E-state index contributed by atoms with van der Waals surface area (Å²) in [6.45, 7) is 90.6. The molecular formula is C100H188N4O16. The molecule has 0 aromatic carbocycles. The highest BCUT2D eigenvalue weighted by Crippen LogP contribution is 2.50. The highest BCUT2D eigenvalue weighted by molar-refractivity contribution is 5.78. The fourth-order valence-corrected chi connectivity index (χ4v) is 15.7. The Kier molecular flexibility index (Phi) is 41.3. The summed E-state index contributed by atoms with van der Waals surface area (Å²) < 4.78 is 49.0. The second-order valence-corrected chi connectivity index (χ2v) is 46.2. The van der Waals surface area contributed by atoms with E-state index in [1.54, 1.807) is 14.7 Å². The van der Waals surface area contributed by atoms with Crippen LogP contribution in [0.25, 0.3) is 0 Å². The molecule has 0 spiro atoms. The van der Waals surface area contributed by atoms with Gasteiger partial charge in [0.2, 0.25) is 0 Å². The number of rotatable bonds is 29. The molecule has 0 bridgehead atoms. The number of hydrogen-bond acceptors (Lipinski definition) is 16. The minimum atomic E-state index is -0.585. The van der Waals surface area contributed by atoms with Crippen molar-refractivity contribution in [3.63, 3.8) is 0 Å². The smallest absolute Gasteiger partial charge is 0.410 e. The van der Waals surface area contributed by atoms with E-state index in [0.717, 1.165) is 83.5 Å². The Morgan fingerprint density at radius 1 is 0.283 bits per heavy atom. The maximum atomic E-state index is 13.4. The molecule has 120 heavy (non-hydrogen) atoms. The van der Waals surface area contributed by atoms with Gasteiger partial charge in [-0.25, -0.2) is 19.2 Å². The normalized spacial score (nSPS) is 17.9. The molecule has 20 heteroatoms. The number of unbranched alkanes of at least 4 members (excludes halogenated alkanes) is 3. The first-order chi connectivity index (χ1) is 54.2. The number of carbonyl (C=O) groups excluding carboxylic acids is 8. The molecule has 0 aromatic rings. The van der Waals surface area contributed by atoms with E-state index in [4.69, 9.17) is 37.9 Å². The number of likely N-dealkylation sites (tertiary alicyclic amines) is 4. The molecule has 0 atom stereocenters. The zero-order chi connectivity index (χ0) is 93.9. The molecule has 0 N–H and O–H groups in total. The van der Waals surface area contributed by atoms with E-state index in [1.807, 2.05) is 130 Å². The molecule has 704 valence electrons. The highest BCUT2D eigenvalue weighted by Gasteiger charge is 2.56. The SMILES string of the molecule is CCC(C)(C)C(=O)OC1(C(C)(C)C)CCN(C(=O)OC(C(C)C)(C(C)C)C(C)C)CC1.CCC(C)(C)C(=O)OC1(C(C)(C)C)CCN(C(=O)OC(C)(C)C(C)(C)C)CC1.CCC(C)(C)C(=O)OC1(C(C)(C)C)CCN(C(=O)OC(C)(C)C(C)C)CC1.CCCCC(CCCC)(CCCC)OC(=O)N1CCC(OC(=O)C(C)(C)CC)(C(C)(C)C)CC1. The fourth-order valence-electron chi connectivity index (χ4n) is 15.7. The van der Waals surface area contributed by atoms with Gasteiger partial charge >= 0.3 is 48.3 Å². The van der Waals surface area contributed by atoms with Crippen LogP contribution in [0.2, 0.25) is 0 Å².